The molecule has 0 aliphatic carbocycles. The molecule has 0 bridgehead atoms. The number of hydrogen-bond donors (Lipinski definition) is 1. The van der Waals surface area contributed by atoms with Crippen molar-refractivity contribution < 1.29 is 9.21 Å². The number of carbonyl (C=O) groups is 1. The Labute approximate surface area is 118 Å². The van der Waals surface area contributed by atoms with Gasteiger partial charge in [0.25, 0.3) is 5.91 Å². The van der Waals surface area contributed by atoms with E-state index in [1.807, 2.05) is 34.6 Å². The van der Waals surface area contributed by atoms with Crippen molar-refractivity contribution in [3.8, 4) is 0 Å². The lowest BCUT2D eigenvalue weighted by atomic mass is 10.1. The smallest absolute Gasteiger partial charge is 0.254 e. The van der Waals surface area contributed by atoms with Crippen molar-refractivity contribution in [2.75, 3.05) is 0 Å². The van der Waals surface area contributed by atoms with Gasteiger partial charge in [-0.2, -0.15) is 5.10 Å². The van der Waals surface area contributed by atoms with E-state index in [2.05, 4.69) is 15.4 Å². The Morgan fingerprint density at radius 3 is 2.60 bits per heavy atom. The molecule has 0 saturated carbocycles. The van der Waals surface area contributed by atoms with E-state index in [0.29, 0.717) is 11.5 Å². The van der Waals surface area contributed by atoms with Crippen LogP contribution in [-0.4, -0.2) is 20.7 Å². The van der Waals surface area contributed by atoms with Crippen LogP contribution in [0, 0.1) is 13.8 Å². The molecule has 2 aromatic heterocycles. The molecule has 0 saturated heterocycles. The first kappa shape index (κ1) is 14.3. The Kier molecular flexibility index (Phi) is 3.65. The molecule has 0 aliphatic heterocycles. The van der Waals surface area contributed by atoms with Crippen LogP contribution in [0.5, 0.6) is 0 Å². The predicted octanol–water partition coefficient (Wildman–Crippen LogP) is 2.17. The summed E-state index contributed by atoms with van der Waals surface area (Å²) >= 11 is 0. The minimum absolute atomic E-state index is 0.144. The van der Waals surface area contributed by atoms with E-state index in [9.17, 15) is 4.79 Å². The summed E-state index contributed by atoms with van der Waals surface area (Å²) in [6.45, 7) is 10.1. The quantitative estimate of drug-likeness (QED) is 0.932. The topological polar surface area (TPSA) is 73.0 Å². The molecule has 0 aromatic carbocycles. The molecule has 1 amide bonds. The Hall–Kier alpha value is -2.11. The molecule has 0 unspecified atom stereocenters. The number of aromatic nitrogens is 3. The van der Waals surface area contributed by atoms with Gasteiger partial charge in [-0.25, -0.2) is 4.98 Å². The van der Waals surface area contributed by atoms with Crippen molar-refractivity contribution >= 4 is 5.91 Å². The molecule has 6 heteroatoms. The average Bonchev–Trinajstić information content (AvgIpc) is 2.94. The molecule has 20 heavy (non-hydrogen) atoms. The van der Waals surface area contributed by atoms with Gasteiger partial charge in [0.1, 0.15) is 5.76 Å². The van der Waals surface area contributed by atoms with E-state index in [4.69, 9.17) is 4.42 Å². The highest BCUT2D eigenvalue weighted by Crippen LogP contribution is 2.13. The zero-order chi connectivity index (χ0) is 14.9. The molecular formula is C14H20N4O2. The molecule has 0 fully saturated rings. The predicted molar refractivity (Wildman–Crippen MR) is 74.4 cm³/mol. The monoisotopic (exact) mass is 276 g/mol. The SMILES string of the molecule is Cc1nc(CNC(=O)c2cnn(C(C)(C)C)c2)oc1C. The number of nitrogens with zero attached hydrogens (tertiary/aromatic N) is 3. The van der Waals surface area contributed by atoms with Crippen LogP contribution < -0.4 is 5.32 Å². The molecule has 0 atom stereocenters. The molecule has 2 rings (SSSR count). The standard InChI is InChI=1S/C14H20N4O2/c1-9-10(2)20-12(17-9)7-15-13(19)11-6-16-18(8-11)14(3,4)5/h6,8H,7H2,1-5H3,(H,15,19). The molecule has 0 radical (unpaired) electrons. The molecular weight excluding hydrogens is 256 g/mol. The minimum atomic E-state index is -0.186. The van der Waals surface area contributed by atoms with Crippen molar-refractivity contribution in [2.45, 2.75) is 46.7 Å². The highest BCUT2D eigenvalue weighted by atomic mass is 16.4. The third-order valence-corrected chi connectivity index (χ3v) is 3.01. The van der Waals surface area contributed by atoms with E-state index >= 15 is 0 Å². The van der Waals surface area contributed by atoms with Gasteiger partial charge in [-0.05, 0) is 34.6 Å². The molecule has 0 spiro atoms. The van der Waals surface area contributed by atoms with E-state index < -0.39 is 0 Å². The van der Waals surface area contributed by atoms with Gasteiger partial charge in [-0.15, -0.1) is 0 Å². The summed E-state index contributed by atoms with van der Waals surface area (Å²) in [6.07, 6.45) is 3.30. The van der Waals surface area contributed by atoms with Gasteiger partial charge in [0, 0.05) is 6.20 Å². The van der Waals surface area contributed by atoms with E-state index in [-0.39, 0.29) is 18.0 Å². The van der Waals surface area contributed by atoms with Crippen LogP contribution in [0.25, 0.3) is 0 Å². The molecule has 2 aromatic rings. The zero-order valence-corrected chi connectivity index (χ0v) is 12.5. The summed E-state index contributed by atoms with van der Waals surface area (Å²) in [5.74, 6) is 1.10. The number of amides is 1. The number of oxazole rings is 1. The lowest BCUT2D eigenvalue weighted by Crippen LogP contribution is -2.24. The fraction of sp³-hybridized carbons (Fsp3) is 0.500. The number of hydrogen-bond acceptors (Lipinski definition) is 4. The number of aryl methyl sites for hydroxylation is 2. The van der Waals surface area contributed by atoms with Gasteiger partial charge < -0.3 is 9.73 Å². The van der Waals surface area contributed by atoms with E-state index in [1.165, 1.54) is 0 Å². The second kappa shape index (κ2) is 5.11. The van der Waals surface area contributed by atoms with Crippen molar-refractivity contribution in [3.63, 3.8) is 0 Å². The van der Waals surface area contributed by atoms with Crippen molar-refractivity contribution in [1.29, 1.82) is 0 Å². The maximum atomic E-state index is 12.0. The summed E-state index contributed by atoms with van der Waals surface area (Å²) in [7, 11) is 0. The first-order valence-corrected chi connectivity index (χ1v) is 6.53. The van der Waals surface area contributed by atoms with Gasteiger partial charge in [0.05, 0.1) is 29.5 Å². The summed E-state index contributed by atoms with van der Waals surface area (Å²) in [5.41, 5.74) is 1.23. The normalized spacial score (nSPS) is 11.7. The zero-order valence-electron chi connectivity index (χ0n) is 12.5. The largest absolute Gasteiger partial charge is 0.444 e. The third-order valence-electron chi connectivity index (χ3n) is 3.01. The van der Waals surface area contributed by atoms with Crippen LogP contribution in [0.4, 0.5) is 0 Å². The Morgan fingerprint density at radius 2 is 2.10 bits per heavy atom. The molecule has 1 N–H and O–H groups in total. The summed E-state index contributed by atoms with van der Waals surface area (Å²) < 4.78 is 7.18. The summed E-state index contributed by atoms with van der Waals surface area (Å²) in [6, 6.07) is 0. The fourth-order valence-corrected chi connectivity index (χ4v) is 1.68. The first-order chi connectivity index (χ1) is 9.27. The van der Waals surface area contributed by atoms with Crippen molar-refractivity contribution in [3.05, 3.63) is 35.3 Å². The lowest BCUT2D eigenvalue weighted by molar-refractivity contribution is 0.0947. The number of rotatable bonds is 3. The van der Waals surface area contributed by atoms with Crippen LogP contribution in [0.2, 0.25) is 0 Å². The Balaban J connectivity index is 2.00. The third kappa shape index (κ3) is 3.07. The maximum Gasteiger partial charge on any atom is 0.254 e. The second-order valence-electron chi connectivity index (χ2n) is 5.78. The van der Waals surface area contributed by atoms with Gasteiger partial charge in [0.2, 0.25) is 5.89 Å². The lowest BCUT2D eigenvalue weighted by Gasteiger charge is -2.18. The van der Waals surface area contributed by atoms with E-state index in [1.54, 1.807) is 17.1 Å². The minimum Gasteiger partial charge on any atom is -0.444 e. The van der Waals surface area contributed by atoms with Crippen LogP contribution in [0.1, 0.15) is 48.5 Å². The van der Waals surface area contributed by atoms with E-state index in [0.717, 1.165) is 11.5 Å². The van der Waals surface area contributed by atoms with Crippen molar-refractivity contribution in [2.24, 2.45) is 0 Å². The molecule has 6 nitrogen and oxygen atoms in total. The van der Waals surface area contributed by atoms with Crippen LogP contribution >= 0.6 is 0 Å². The number of carbonyl (C=O) groups excluding carboxylic acids is 1. The fourth-order valence-electron chi connectivity index (χ4n) is 1.68. The van der Waals surface area contributed by atoms with Gasteiger partial charge in [0.15, 0.2) is 0 Å². The number of nitrogens with one attached hydrogen (secondary N) is 1. The maximum absolute atomic E-state index is 12.0. The van der Waals surface area contributed by atoms with Crippen LogP contribution in [0.15, 0.2) is 16.8 Å². The highest BCUT2D eigenvalue weighted by Gasteiger charge is 2.17. The Bertz CT molecular complexity index is 600. The molecule has 2 heterocycles. The van der Waals surface area contributed by atoms with Gasteiger partial charge in [-0.1, -0.05) is 0 Å². The molecule has 0 aliphatic rings. The Morgan fingerprint density at radius 1 is 1.40 bits per heavy atom. The molecule has 108 valence electrons. The van der Waals surface area contributed by atoms with Crippen molar-refractivity contribution in [1.82, 2.24) is 20.1 Å². The summed E-state index contributed by atoms with van der Waals surface area (Å²) in [5, 5.41) is 6.97. The highest BCUT2D eigenvalue weighted by molar-refractivity contribution is 5.93. The van der Waals surface area contributed by atoms with Gasteiger partial charge in [-0.3, -0.25) is 9.48 Å². The first-order valence-electron chi connectivity index (χ1n) is 6.53. The summed E-state index contributed by atoms with van der Waals surface area (Å²) in [4.78, 5) is 16.2. The second-order valence-corrected chi connectivity index (χ2v) is 5.78. The van der Waals surface area contributed by atoms with Crippen LogP contribution in [-0.2, 0) is 12.1 Å². The van der Waals surface area contributed by atoms with Gasteiger partial charge >= 0.3 is 0 Å². The average molecular weight is 276 g/mol. The van der Waals surface area contributed by atoms with Crippen LogP contribution in [0.3, 0.4) is 0 Å².